The first-order valence-corrected chi connectivity index (χ1v) is 9.98. The average Bonchev–Trinajstić information content (AvgIpc) is 2.78. The number of carbonyl (C=O) groups excluding carboxylic acids is 2. The number of hydrogen-bond acceptors (Lipinski definition) is 5. The highest BCUT2D eigenvalue weighted by molar-refractivity contribution is 6.14. The first kappa shape index (κ1) is 22.5. The van der Waals surface area contributed by atoms with E-state index < -0.39 is 35.7 Å². The number of hydrogen-bond donors (Lipinski definition) is 1. The fourth-order valence-corrected chi connectivity index (χ4v) is 3.51. The van der Waals surface area contributed by atoms with E-state index in [1.54, 1.807) is 49.6 Å². The van der Waals surface area contributed by atoms with Crippen molar-refractivity contribution in [3.63, 3.8) is 0 Å². The van der Waals surface area contributed by atoms with Crippen LogP contribution in [-0.2, 0) is 14.3 Å². The lowest BCUT2D eigenvalue weighted by molar-refractivity contribution is -0.132. The van der Waals surface area contributed by atoms with Crippen molar-refractivity contribution in [1.29, 1.82) is 0 Å². The lowest BCUT2D eigenvalue weighted by Gasteiger charge is -2.30. The fraction of sp³-hybridized carbons (Fsp3) is 0.261. The zero-order valence-electron chi connectivity index (χ0n) is 17.4. The monoisotopic (exact) mass is 460 g/mol. The number of methoxy groups -OCH3 is 1. The summed E-state index contributed by atoms with van der Waals surface area (Å²) in [5, 5.41) is 2.75. The molecule has 4 rings (SSSR count). The Morgan fingerprint density at radius 3 is 2.61 bits per heavy atom. The van der Waals surface area contributed by atoms with Gasteiger partial charge in [0.2, 0.25) is 5.91 Å². The standard InChI is InChI=1S/C23H19F3N2O5/c1-31-10-11-32-13-6-7-15-18(12-13)33-17-5-3-2-4-14(17)20(15)28-22(30)16-8-9-19(23(24,25)26)27-21(16)29/h2-9,12,16,20H,10-11H2,1H3,(H,28,30). The van der Waals surface area contributed by atoms with Gasteiger partial charge in [-0.15, -0.1) is 0 Å². The van der Waals surface area contributed by atoms with Crippen molar-refractivity contribution in [2.75, 3.05) is 20.3 Å². The molecule has 2 unspecified atom stereocenters. The van der Waals surface area contributed by atoms with Gasteiger partial charge in [0, 0.05) is 24.3 Å². The van der Waals surface area contributed by atoms with Gasteiger partial charge >= 0.3 is 6.18 Å². The Morgan fingerprint density at radius 2 is 1.88 bits per heavy atom. The number of aliphatic imine (C=N–C) groups is 1. The number of allylic oxidation sites excluding steroid dienone is 1. The summed E-state index contributed by atoms with van der Waals surface area (Å²) in [5.41, 5.74) is -0.0923. The minimum absolute atomic E-state index is 0.336. The highest BCUT2D eigenvalue weighted by atomic mass is 19.4. The third-order valence-electron chi connectivity index (χ3n) is 5.10. The van der Waals surface area contributed by atoms with E-state index in [4.69, 9.17) is 14.2 Å². The smallest absolute Gasteiger partial charge is 0.433 e. The molecule has 0 fully saturated rings. The van der Waals surface area contributed by atoms with E-state index in [1.807, 2.05) is 0 Å². The molecule has 2 aromatic rings. The second-order valence-corrected chi connectivity index (χ2v) is 7.29. The van der Waals surface area contributed by atoms with Crippen LogP contribution >= 0.6 is 0 Å². The molecule has 2 amide bonds. The van der Waals surface area contributed by atoms with Crippen LogP contribution in [0.25, 0.3) is 0 Å². The maximum atomic E-state index is 12.9. The van der Waals surface area contributed by atoms with Crippen molar-refractivity contribution in [3.05, 3.63) is 65.7 Å². The average molecular weight is 460 g/mol. The predicted molar refractivity (Wildman–Crippen MR) is 111 cm³/mol. The molecule has 2 aromatic carbocycles. The van der Waals surface area contributed by atoms with Crippen LogP contribution in [0.15, 0.2) is 59.6 Å². The molecule has 0 spiro atoms. The number of benzene rings is 2. The minimum atomic E-state index is -4.77. The van der Waals surface area contributed by atoms with Gasteiger partial charge in [0.25, 0.3) is 5.91 Å². The molecule has 172 valence electrons. The highest BCUT2D eigenvalue weighted by Gasteiger charge is 2.39. The summed E-state index contributed by atoms with van der Waals surface area (Å²) >= 11 is 0. The van der Waals surface area contributed by atoms with Gasteiger partial charge in [-0.05, 0) is 24.3 Å². The van der Waals surface area contributed by atoms with E-state index in [0.29, 0.717) is 47.7 Å². The summed E-state index contributed by atoms with van der Waals surface area (Å²) in [4.78, 5) is 28.1. The Kier molecular flexibility index (Phi) is 6.19. The Bertz CT molecular complexity index is 1140. The molecule has 2 aliphatic rings. The molecule has 0 bridgehead atoms. The quantitative estimate of drug-likeness (QED) is 0.524. The van der Waals surface area contributed by atoms with Crippen LogP contribution in [0.5, 0.6) is 17.2 Å². The maximum Gasteiger partial charge on any atom is 0.433 e. The maximum absolute atomic E-state index is 12.9. The van der Waals surface area contributed by atoms with Crippen molar-refractivity contribution in [2.45, 2.75) is 12.2 Å². The topological polar surface area (TPSA) is 86.2 Å². The SMILES string of the molecule is COCCOc1ccc2c(c1)Oc1ccccc1C2NC(=O)C1C=CC(C(F)(F)F)=NC1=O. The number of carbonyl (C=O) groups is 2. The number of rotatable bonds is 6. The van der Waals surface area contributed by atoms with Gasteiger partial charge in [0.05, 0.1) is 12.6 Å². The zero-order valence-corrected chi connectivity index (χ0v) is 17.4. The summed E-state index contributed by atoms with van der Waals surface area (Å²) < 4.78 is 55.0. The van der Waals surface area contributed by atoms with Crippen LogP contribution in [0.1, 0.15) is 17.2 Å². The second-order valence-electron chi connectivity index (χ2n) is 7.29. The Labute approximate surface area is 186 Å². The molecule has 2 atom stereocenters. The highest BCUT2D eigenvalue weighted by Crippen LogP contribution is 2.44. The molecule has 2 heterocycles. The van der Waals surface area contributed by atoms with E-state index in [9.17, 15) is 22.8 Å². The van der Waals surface area contributed by atoms with Crippen LogP contribution in [0.3, 0.4) is 0 Å². The predicted octanol–water partition coefficient (Wildman–Crippen LogP) is 3.74. The fourth-order valence-electron chi connectivity index (χ4n) is 3.51. The molecule has 7 nitrogen and oxygen atoms in total. The number of ether oxygens (including phenoxy) is 3. The van der Waals surface area contributed by atoms with Gasteiger partial charge in [-0.25, -0.2) is 4.99 Å². The molecule has 0 saturated carbocycles. The minimum Gasteiger partial charge on any atom is -0.491 e. The van der Waals surface area contributed by atoms with Gasteiger partial charge in [-0.1, -0.05) is 24.3 Å². The van der Waals surface area contributed by atoms with Crippen molar-refractivity contribution < 1.29 is 37.0 Å². The summed E-state index contributed by atoms with van der Waals surface area (Å²) in [6, 6.07) is 11.4. The van der Waals surface area contributed by atoms with E-state index in [-0.39, 0.29) is 0 Å². The molecule has 0 aliphatic carbocycles. The normalized spacial score (nSPS) is 19.2. The van der Waals surface area contributed by atoms with Crippen molar-refractivity contribution in [2.24, 2.45) is 10.9 Å². The number of amides is 2. The van der Waals surface area contributed by atoms with Crippen LogP contribution in [0.2, 0.25) is 0 Å². The summed E-state index contributed by atoms with van der Waals surface area (Å²) in [6.07, 6.45) is -3.22. The molecular formula is C23H19F3N2O5. The van der Waals surface area contributed by atoms with Crippen LogP contribution in [0.4, 0.5) is 13.2 Å². The molecule has 0 saturated heterocycles. The van der Waals surface area contributed by atoms with Crippen molar-refractivity contribution >= 4 is 17.5 Å². The van der Waals surface area contributed by atoms with E-state index in [1.165, 1.54) is 0 Å². The molecule has 33 heavy (non-hydrogen) atoms. The molecular weight excluding hydrogens is 441 g/mol. The van der Waals surface area contributed by atoms with Crippen molar-refractivity contribution in [1.82, 2.24) is 5.32 Å². The number of nitrogens with one attached hydrogen (secondary N) is 1. The number of dihydropyridines is 1. The van der Waals surface area contributed by atoms with Crippen LogP contribution in [0, 0.1) is 5.92 Å². The van der Waals surface area contributed by atoms with Gasteiger partial charge in [0.15, 0.2) is 0 Å². The Hall–Kier alpha value is -3.66. The summed E-state index contributed by atoms with van der Waals surface area (Å²) in [7, 11) is 1.56. The molecule has 10 heteroatoms. The van der Waals surface area contributed by atoms with Gasteiger partial charge in [-0.2, -0.15) is 13.2 Å². The van der Waals surface area contributed by atoms with Crippen molar-refractivity contribution in [3.8, 4) is 17.2 Å². The number of alkyl halides is 3. The Morgan fingerprint density at radius 1 is 1.12 bits per heavy atom. The number of fused-ring (bicyclic) bond motifs is 2. The second kappa shape index (κ2) is 9.07. The van der Waals surface area contributed by atoms with Gasteiger partial charge in [0.1, 0.15) is 35.5 Å². The van der Waals surface area contributed by atoms with E-state index >= 15 is 0 Å². The van der Waals surface area contributed by atoms with Gasteiger partial charge in [-0.3, -0.25) is 9.59 Å². The molecule has 0 aromatic heterocycles. The zero-order chi connectivity index (χ0) is 23.6. The lowest BCUT2D eigenvalue weighted by atomic mass is 9.93. The number of halogens is 3. The summed E-state index contributed by atoms with van der Waals surface area (Å²) in [5.74, 6) is -1.94. The van der Waals surface area contributed by atoms with E-state index in [2.05, 4.69) is 10.3 Å². The van der Waals surface area contributed by atoms with Crippen LogP contribution < -0.4 is 14.8 Å². The molecule has 2 aliphatic heterocycles. The third kappa shape index (κ3) is 4.75. The summed E-state index contributed by atoms with van der Waals surface area (Å²) in [6.45, 7) is 0.740. The first-order valence-electron chi connectivity index (χ1n) is 9.98. The Balaban J connectivity index is 1.59. The first-order chi connectivity index (χ1) is 15.8. The molecule has 1 N–H and O–H groups in total. The third-order valence-corrected chi connectivity index (χ3v) is 5.10. The number of nitrogens with zero attached hydrogens (tertiary/aromatic N) is 1. The van der Waals surface area contributed by atoms with Gasteiger partial charge < -0.3 is 19.5 Å². The molecule has 0 radical (unpaired) electrons. The largest absolute Gasteiger partial charge is 0.491 e. The van der Waals surface area contributed by atoms with Crippen LogP contribution in [-0.4, -0.2) is 44.0 Å². The lowest BCUT2D eigenvalue weighted by Crippen LogP contribution is -2.39. The number of para-hydroxylation sites is 1. The van der Waals surface area contributed by atoms with E-state index in [0.717, 1.165) is 6.08 Å².